The molecule has 0 heterocycles. The minimum atomic E-state index is -4.53. The number of rotatable bonds is 2. The molecular formula is C14H15F3N2O. The summed E-state index contributed by atoms with van der Waals surface area (Å²) < 4.78 is 43.6. The van der Waals surface area contributed by atoms with Gasteiger partial charge >= 0.3 is 6.18 Å². The Labute approximate surface area is 115 Å². The van der Waals surface area contributed by atoms with Gasteiger partial charge in [0.15, 0.2) is 0 Å². The van der Waals surface area contributed by atoms with Gasteiger partial charge in [0.1, 0.15) is 11.9 Å². The second-order valence-corrected chi connectivity index (χ2v) is 4.98. The fraction of sp³-hybridized carbons (Fsp3) is 0.500. The van der Waals surface area contributed by atoms with Crippen LogP contribution in [-0.2, 0) is 6.18 Å². The Kier molecular flexibility index (Phi) is 4.19. The van der Waals surface area contributed by atoms with Crippen molar-refractivity contribution in [2.45, 2.75) is 44.0 Å². The quantitative estimate of drug-likeness (QED) is 0.907. The molecule has 1 aliphatic rings. The molecule has 0 spiro atoms. The number of hydrogen-bond donors (Lipinski definition) is 1. The van der Waals surface area contributed by atoms with E-state index in [0.29, 0.717) is 6.42 Å². The molecule has 6 heteroatoms. The maximum absolute atomic E-state index is 12.7. The minimum absolute atomic E-state index is 0.0682. The van der Waals surface area contributed by atoms with E-state index in [2.05, 4.69) is 0 Å². The molecule has 0 amide bonds. The van der Waals surface area contributed by atoms with E-state index >= 15 is 0 Å². The molecular weight excluding hydrogens is 269 g/mol. The maximum atomic E-state index is 12.7. The molecule has 2 unspecified atom stereocenters. The first kappa shape index (κ1) is 14.7. The Hall–Kier alpha value is -1.74. The zero-order valence-corrected chi connectivity index (χ0v) is 10.8. The first-order chi connectivity index (χ1) is 9.40. The van der Waals surface area contributed by atoms with Gasteiger partial charge in [0.2, 0.25) is 0 Å². The number of halogens is 3. The molecule has 0 saturated heterocycles. The average Bonchev–Trinajstić information content (AvgIpc) is 2.37. The molecule has 2 atom stereocenters. The normalized spacial score (nSPS) is 23.1. The lowest BCUT2D eigenvalue weighted by Gasteiger charge is -2.27. The summed E-state index contributed by atoms with van der Waals surface area (Å²) in [6, 6.07) is 4.91. The molecule has 1 fully saturated rings. The van der Waals surface area contributed by atoms with Crippen LogP contribution in [0.4, 0.5) is 13.2 Å². The average molecular weight is 284 g/mol. The molecule has 0 bridgehead atoms. The van der Waals surface area contributed by atoms with E-state index in [1.807, 2.05) is 0 Å². The van der Waals surface area contributed by atoms with Crippen LogP contribution in [0, 0.1) is 11.3 Å². The lowest BCUT2D eigenvalue weighted by molar-refractivity contribution is -0.137. The van der Waals surface area contributed by atoms with Gasteiger partial charge in [-0.3, -0.25) is 0 Å². The van der Waals surface area contributed by atoms with Crippen molar-refractivity contribution in [1.29, 1.82) is 5.26 Å². The minimum Gasteiger partial charge on any atom is -0.490 e. The third-order valence-electron chi connectivity index (χ3n) is 3.39. The van der Waals surface area contributed by atoms with E-state index in [1.165, 1.54) is 6.07 Å². The third kappa shape index (κ3) is 3.42. The molecule has 2 rings (SSSR count). The number of ether oxygens (including phenoxy) is 1. The van der Waals surface area contributed by atoms with Crippen molar-refractivity contribution in [3.63, 3.8) is 0 Å². The molecule has 108 valence electrons. The Morgan fingerprint density at radius 1 is 1.30 bits per heavy atom. The molecule has 1 saturated carbocycles. The van der Waals surface area contributed by atoms with E-state index in [0.717, 1.165) is 31.4 Å². The van der Waals surface area contributed by atoms with Crippen LogP contribution in [0.2, 0.25) is 0 Å². The van der Waals surface area contributed by atoms with Crippen LogP contribution in [-0.4, -0.2) is 12.1 Å². The van der Waals surface area contributed by atoms with E-state index in [-0.39, 0.29) is 17.9 Å². The highest BCUT2D eigenvalue weighted by Gasteiger charge is 2.33. The Morgan fingerprint density at radius 3 is 2.65 bits per heavy atom. The third-order valence-corrected chi connectivity index (χ3v) is 3.39. The van der Waals surface area contributed by atoms with Crippen LogP contribution >= 0.6 is 0 Å². The number of nitrogens with two attached hydrogens (primary N) is 1. The lowest BCUT2D eigenvalue weighted by Crippen LogP contribution is -2.33. The number of nitriles is 1. The van der Waals surface area contributed by atoms with Crippen molar-refractivity contribution in [3.8, 4) is 11.8 Å². The van der Waals surface area contributed by atoms with Crippen LogP contribution < -0.4 is 10.5 Å². The highest BCUT2D eigenvalue weighted by Crippen LogP contribution is 2.34. The molecule has 0 aliphatic heterocycles. The zero-order chi connectivity index (χ0) is 14.8. The second kappa shape index (κ2) is 5.71. The lowest BCUT2D eigenvalue weighted by atomic mass is 9.93. The predicted octanol–water partition coefficient (Wildman–Crippen LogP) is 3.23. The Morgan fingerprint density at radius 2 is 2.05 bits per heavy atom. The van der Waals surface area contributed by atoms with E-state index < -0.39 is 17.3 Å². The summed E-state index contributed by atoms with van der Waals surface area (Å²) in [7, 11) is 0. The van der Waals surface area contributed by atoms with Crippen LogP contribution in [0.5, 0.6) is 5.75 Å². The molecule has 0 aromatic heterocycles. The summed E-state index contributed by atoms with van der Waals surface area (Å²) in [4.78, 5) is 0. The number of hydrogen-bond acceptors (Lipinski definition) is 3. The molecule has 2 N–H and O–H groups in total. The van der Waals surface area contributed by atoms with Crippen LogP contribution in [0.1, 0.15) is 36.8 Å². The van der Waals surface area contributed by atoms with Gasteiger partial charge in [0, 0.05) is 6.04 Å². The van der Waals surface area contributed by atoms with E-state index in [1.54, 1.807) is 6.07 Å². The van der Waals surface area contributed by atoms with E-state index in [9.17, 15) is 13.2 Å². The summed E-state index contributed by atoms with van der Waals surface area (Å²) in [5.74, 6) is 0.286. The summed E-state index contributed by atoms with van der Waals surface area (Å²) in [6.07, 6.45) is -1.23. The molecule has 1 aromatic carbocycles. The summed E-state index contributed by atoms with van der Waals surface area (Å²) >= 11 is 0. The highest BCUT2D eigenvalue weighted by atomic mass is 19.4. The SMILES string of the molecule is N#Cc1cc(OC2CCCC(N)C2)ccc1C(F)(F)F. The van der Waals surface area contributed by atoms with Gasteiger partial charge in [-0.1, -0.05) is 0 Å². The van der Waals surface area contributed by atoms with Crippen molar-refractivity contribution in [2.75, 3.05) is 0 Å². The molecule has 20 heavy (non-hydrogen) atoms. The summed E-state index contributed by atoms with van der Waals surface area (Å²) in [5.41, 5.74) is 4.48. The monoisotopic (exact) mass is 284 g/mol. The van der Waals surface area contributed by atoms with E-state index in [4.69, 9.17) is 15.7 Å². The Balaban J connectivity index is 2.16. The summed E-state index contributed by atoms with van der Waals surface area (Å²) in [5, 5.41) is 8.83. The van der Waals surface area contributed by atoms with Crippen LogP contribution in [0.25, 0.3) is 0 Å². The first-order valence-electron chi connectivity index (χ1n) is 6.43. The van der Waals surface area contributed by atoms with Crippen molar-refractivity contribution in [3.05, 3.63) is 29.3 Å². The summed E-state index contributed by atoms with van der Waals surface area (Å²) in [6.45, 7) is 0. The van der Waals surface area contributed by atoms with Crippen molar-refractivity contribution in [1.82, 2.24) is 0 Å². The molecule has 1 aromatic rings. The van der Waals surface area contributed by atoms with Crippen molar-refractivity contribution >= 4 is 0 Å². The van der Waals surface area contributed by atoms with Crippen molar-refractivity contribution < 1.29 is 17.9 Å². The van der Waals surface area contributed by atoms with Crippen LogP contribution in [0.3, 0.4) is 0 Å². The largest absolute Gasteiger partial charge is 0.490 e. The highest BCUT2D eigenvalue weighted by molar-refractivity contribution is 5.44. The van der Waals surface area contributed by atoms with Gasteiger partial charge in [-0.15, -0.1) is 0 Å². The standard InChI is InChI=1S/C14H15F3N2O/c15-14(16,17)13-5-4-12(6-9(13)8-18)20-11-3-1-2-10(19)7-11/h4-6,10-11H,1-3,7,19H2. The number of nitrogens with zero attached hydrogens (tertiary/aromatic N) is 1. The van der Waals surface area contributed by atoms with Gasteiger partial charge < -0.3 is 10.5 Å². The molecule has 1 aliphatic carbocycles. The smallest absolute Gasteiger partial charge is 0.417 e. The zero-order valence-electron chi connectivity index (χ0n) is 10.8. The van der Waals surface area contributed by atoms with Gasteiger partial charge in [0.05, 0.1) is 17.2 Å². The predicted molar refractivity (Wildman–Crippen MR) is 67.0 cm³/mol. The Bertz CT molecular complexity index is 522. The molecule has 0 radical (unpaired) electrons. The van der Waals surface area contributed by atoms with Gasteiger partial charge in [-0.05, 0) is 43.9 Å². The van der Waals surface area contributed by atoms with Crippen LogP contribution in [0.15, 0.2) is 18.2 Å². The van der Waals surface area contributed by atoms with Gasteiger partial charge in [0.25, 0.3) is 0 Å². The fourth-order valence-corrected chi connectivity index (χ4v) is 2.42. The number of benzene rings is 1. The topological polar surface area (TPSA) is 59.0 Å². The first-order valence-corrected chi connectivity index (χ1v) is 6.43. The second-order valence-electron chi connectivity index (χ2n) is 4.98. The van der Waals surface area contributed by atoms with Crippen molar-refractivity contribution in [2.24, 2.45) is 5.73 Å². The maximum Gasteiger partial charge on any atom is 0.417 e. The van der Waals surface area contributed by atoms with Gasteiger partial charge in [-0.2, -0.15) is 18.4 Å². The number of alkyl halides is 3. The fourth-order valence-electron chi connectivity index (χ4n) is 2.42. The molecule has 3 nitrogen and oxygen atoms in total. The van der Waals surface area contributed by atoms with Gasteiger partial charge in [-0.25, -0.2) is 0 Å².